The first-order valence-electron chi connectivity index (χ1n) is 6.84. The molecule has 0 radical (unpaired) electrons. The highest BCUT2D eigenvalue weighted by Crippen LogP contribution is 2.25. The van der Waals surface area contributed by atoms with Gasteiger partial charge in [-0.3, -0.25) is 4.90 Å². The summed E-state index contributed by atoms with van der Waals surface area (Å²) in [4.78, 5) is 4.77. The molecule has 0 spiro atoms. The number of benzene rings is 1. The van der Waals surface area contributed by atoms with Crippen LogP contribution in [-0.2, 0) is 0 Å². The lowest BCUT2D eigenvalue weighted by Crippen LogP contribution is -2.49. The highest BCUT2D eigenvalue weighted by atomic mass is 35.5. The Morgan fingerprint density at radius 3 is 2.58 bits per heavy atom. The van der Waals surface area contributed by atoms with Gasteiger partial charge in [0.05, 0.1) is 11.3 Å². The van der Waals surface area contributed by atoms with Crippen LogP contribution in [0.4, 0.5) is 5.69 Å². The Labute approximate surface area is 120 Å². The molecule has 1 aliphatic heterocycles. The van der Waals surface area contributed by atoms with E-state index >= 15 is 0 Å². The second kappa shape index (κ2) is 6.27. The topological polar surface area (TPSA) is 30.3 Å². The Morgan fingerprint density at radius 1 is 1.32 bits per heavy atom. The van der Waals surface area contributed by atoms with Crippen molar-refractivity contribution in [2.75, 3.05) is 31.1 Å². The third-order valence-electron chi connectivity index (χ3n) is 3.95. The summed E-state index contributed by atoms with van der Waals surface area (Å²) in [6.07, 6.45) is 1.18. The molecule has 0 bridgehead atoms. The lowest BCUT2D eigenvalue weighted by Gasteiger charge is -2.39. The summed E-state index contributed by atoms with van der Waals surface area (Å²) < 4.78 is 0. The summed E-state index contributed by atoms with van der Waals surface area (Å²) in [5.41, 5.74) is 1.68. The molecule has 3 nitrogen and oxygen atoms in total. The third kappa shape index (κ3) is 3.20. The molecule has 19 heavy (non-hydrogen) atoms. The Kier molecular flexibility index (Phi) is 4.68. The third-order valence-corrected chi connectivity index (χ3v) is 4.18. The van der Waals surface area contributed by atoms with Gasteiger partial charge in [0, 0.05) is 37.2 Å². The van der Waals surface area contributed by atoms with E-state index in [1.54, 1.807) is 12.1 Å². The zero-order chi connectivity index (χ0) is 13.8. The van der Waals surface area contributed by atoms with Crippen molar-refractivity contribution < 1.29 is 0 Å². The molecule has 0 N–H and O–H groups in total. The minimum absolute atomic E-state index is 0.636. The van der Waals surface area contributed by atoms with Crippen molar-refractivity contribution in [2.24, 2.45) is 0 Å². The van der Waals surface area contributed by atoms with Crippen molar-refractivity contribution in [1.29, 1.82) is 5.26 Å². The average molecular weight is 278 g/mol. The largest absolute Gasteiger partial charge is 0.368 e. The van der Waals surface area contributed by atoms with Crippen molar-refractivity contribution in [2.45, 2.75) is 26.3 Å². The second-order valence-electron chi connectivity index (χ2n) is 5.05. The molecule has 102 valence electrons. The molecule has 1 atom stereocenters. The minimum Gasteiger partial charge on any atom is -0.368 e. The highest BCUT2D eigenvalue weighted by Gasteiger charge is 2.21. The van der Waals surface area contributed by atoms with E-state index in [2.05, 4.69) is 29.7 Å². The Bertz CT molecular complexity index is 473. The molecule has 2 rings (SSSR count). The van der Waals surface area contributed by atoms with Gasteiger partial charge in [-0.2, -0.15) is 5.26 Å². The maximum atomic E-state index is 9.19. The van der Waals surface area contributed by atoms with Gasteiger partial charge < -0.3 is 4.90 Å². The molecule has 1 fully saturated rings. The molecule has 1 aromatic carbocycles. The first kappa shape index (κ1) is 14.2. The summed E-state index contributed by atoms with van der Waals surface area (Å²) in [6.45, 7) is 8.51. The van der Waals surface area contributed by atoms with Gasteiger partial charge in [-0.15, -0.1) is 0 Å². The molecule has 0 amide bonds. The van der Waals surface area contributed by atoms with Gasteiger partial charge in [-0.25, -0.2) is 0 Å². The predicted molar refractivity (Wildman–Crippen MR) is 79.7 cm³/mol. The van der Waals surface area contributed by atoms with E-state index < -0.39 is 0 Å². The predicted octanol–water partition coefficient (Wildman–Crippen LogP) is 3.13. The van der Waals surface area contributed by atoms with Crippen LogP contribution < -0.4 is 4.90 Å². The minimum atomic E-state index is 0.636. The van der Waals surface area contributed by atoms with Crippen LogP contribution >= 0.6 is 11.6 Å². The smallest absolute Gasteiger partial charge is 0.101 e. The highest BCUT2D eigenvalue weighted by molar-refractivity contribution is 6.30. The molecule has 1 aliphatic rings. The second-order valence-corrected chi connectivity index (χ2v) is 5.49. The monoisotopic (exact) mass is 277 g/mol. The molecule has 0 aliphatic carbocycles. The maximum Gasteiger partial charge on any atom is 0.101 e. The molecular formula is C15H20ClN3. The normalized spacial score (nSPS) is 18.1. The fraction of sp³-hybridized carbons (Fsp3) is 0.533. The lowest BCUT2D eigenvalue weighted by molar-refractivity contribution is 0.193. The van der Waals surface area contributed by atoms with Gasteiger partial charge in [0.25, 0.3) is 0 Å². The number of rotatable bonds is 3. The molecule has 1 aromatic rings. The lowest BCUT2D eigenvalue weighted by atomic mass is 10.1. The van der Waals surface area contributed by atoms with E-state index in [9.17, 15) is 5.26 Å². The number of nitriles is 1. The zero-order valence-corrected chi connectivity index (χ0v) is 12.3. The Hall–Kier alpha value is -1.24. The summed E-state index contributed by atoms with van der Waals surface area (Å²) in [5.74, 6) is 0. The van der Waals surface area contributed by atoms with Crippen molar-refractivity contribution in [3.63, 3.8) is 0 Å². The quantitative estimate of drug-likeness (QED) is 0.850. The van der Waals surface area contributed by atoms with Crippen LogP contribution in [0.5, 0.6) is 0 Å². The molecule has 1 heterocycles. The Morgan fingerprint density at radius 2 is 2.00 bits per heavy atom. The number of anilines is 1. The van der Waals surface area contributed by atoms with Crippen molar-refractivity contribution in [3.8, 4) is 6.07 Å². The fourth-order valence-corrected chi connectivity index (χ4v) is 2.69. The number of piperazine rings is 1. The van der Waals surface area contributed by atoms with Crippen LogP contribution in [0.2, 0.25) is 5.02 Å². The van der Waals surface area contributed by atoms with Gasteiger partial charge in [0.2, 0.25) is 0 Å². The first-order chi connectivity index (χ1) is 9.15. The van der Waals surface area contributed by atoms with Crippen molar-refractivity contribution >= 4 is 17.3 Å². The molecule has 1 unspecified atom stereocenters. The summed E-state index contributed by atoms with van der Waals surface area (Å²) >= 11 is 6.05. The number of halogens is 1. The summed E-state index contributed by atoms with van der Waals surface area (Å²) in [5, 5.41) is 9.88. The van der Waals surface area contributed by atoms with Gasteiger partial charge in [0.1, 0.15) is 6.07 Å². The standard InChI is InChI=1S/C15H20ClN3/c1-3-12(2)18-6-8-19(9-7-18)15-10-14(16)5-4-13(15)11-17/h4-5,10,12H,3,6-9H2,1-2H3. The zero-order valence-electron chi connectivity index (χ0n) is 11.6. The number of nitrogens with zero attached hydrogens (tertiary/aromatic N) is 3. The van der Waals surface area contributed by atoms with Crippen LogP contribution in [-0.4, -0.2) is 37.1 Å². The number of hydrogen-bond donors (Lipinski definition) is 0. The Balaban J connectivity index is 2.10. The summed E-state index contributed by atoms with van der Waals surface area (Å²) in [6, 6.07) is 8.37. The van der Waals surface area contributed by atoms with E-state index in [1.807, 2.05) is 6.07 Å². The van der Waals surface area contributed by atoms with E-state index in [1.165, 1.54) is 6.42 Å². The maximum absolute atomic E-state index is 9.19. The molecular weight excluding hydrogens is 258 g/mol. The van der Waals surface area contributed by atoms with Crippen molar-refractivity contribution in [3.05, 3.63) is 28.8 Å². The summed E-state index contributed by atoms with van der Waals surface area (Å²) in [7, 11) is 0. The molecule has 0 saturated carbocycles. The van der Waals surface area contributed by atoms with Crippen LogP contribution in [0.15, 0.2) is 18.2 Å². The van der Waals surface area contributed by atoms with E-state index in [0.29, 0.717) is 16.6 Å². The van der Waals surface area contributed by atoms with E-state index in [4.69, 9.17) is 11.6 Å². The van der Waals surface area contributed by atoms with E-state index in [0.717, 1.165) is 31.9 Å². The van der Waals surface area contributed by atoms with Gasteiger partial charge >= 0.3 is 0 Å². The van der Waals surface area contributed by atoms with Crippen LogP contribution in [0.1, 0.15) is 25.8 Å². The molecule has 4 heteroatoms. The van der Waals surface area contributed by atoms with Gasteiger partial charge in [0.15, 0.2) is 0 Å². The van der Waals surface area contributed by atoms with Crippen LogP contribution in [0.25, 0.3) is 0 Å². The van der Waals surface area contributed by atoms with Crippen LogP contribution in [0.3, 0.4) is 0 Å². The molecule has 0 aromatic heterocycles. The SMILES string of the molecule is CCC(C)N1CCN(c2cc(Cl)ccc2C#N)CC1. The molecule has 1 saturated heterocycles. The average Bonchev–Trinajstić information content (AvgIpc) is 2.46. The first-order valence-corrected chi connectivity index (χ1v) is 7.22. The number of hydrogen-bond acceptors (Lipinski definition) is 3. The fourth-order valence-electron chi connectivity index (χ4n) is 2.52. The van der Waals surface area contributed by atoms with Crippen molar-refractivity contribution in [1.82, 2.24) is 4.90 Å². The van der Waals surface area contributed by atoms with Gasteiger partial charge in [-0.1, -0.05) is 18.5 Å². The van der Waals surface area contributed by atoms with E-state index in [-0.39, 0.29) is 0 Å². The van der Waals surface area contributed by atoms with Crippen LogP contribution in [0, 0.1) is 11.3 Å². The van der Waals surface area contributed by atoms with Gasteiger partial charge in [-0.05, 0) is 31.5 Å².